The molecule has 10 nitrogen and oxygen atoms in total. The lowest BCUT2D eigenvalue weighted by Crippen LogP contribution is -1.94. The Hall–Kier alpha value is -3.60. The van der Waals surface area contributed by atoms with Crippen molar-refractivity contribution in [1.82, 2.24) is 14.4 Å². The summed E-state index contributed by atoms with van der Waals surface area (Å²) in [6, 6.07) is 6.49. The molecule has 0 radical (unpaired) electrons. The second-order valence-electron chi connectivity index (χ2n) is 8.13. The summed E-state index contributed by atoms with van der Waals surface area (Å²) in [5, 5.41) is 27.9. The van der Waals surface area contributed by atoms with E-state index in [1.165, 1.54) is 12.3 Å². The molecular weight excluding hydrogens is 483 g/mol. The summed E-state index contributed by atoms with van der Waals surface area (Å²) in [6.45, 7) is 14.9. The number of carbonyl (C=O) groups is 2. The number of halogens is 2. The van der Waals surface area contributed by atoms with Gasteiger partial charge in [-0.25, -0.2) is 19.0 Å². The number of nitrogen functional groups attached to an aromatic ring is 1. The molecule has 0 unspecified atom stereocenters. The highest BCUT2D eigenvalue weighted by atomic mass is 35.5. The molecule has 0 atom stereocenters. The molecule has 3 heterocycles. The second kappa shape index (κ2) is 18.8. The molecule has 12 heteroatoms. The number of carboxylic acid groups (broad SMARTS) is 4. The van der Waals surface area contributed by atoms with E-state index in [1.54, 1.807) is 28.8 Å². The molecule has 3 rings (SSSR count). The van der Waals surface area contributed by atoms with Gasteiger partial charge >= 0.3 is 12.3 Å². The van der Waals surface area contributed by atoms with Gasteiger partial charge < -0.3 is 26.2 Å². The second-order valence-corrected chi connectivity index (χ2v) is 8.13. The van der Waals surface area contributed by atoms with E-state index in [1.807, 2.05) is 6.92 Å². The van der Waals surface area contributed by atoms with Crippen LogP contribution in [0.4, 0.5) is 19.7 Å². The van der Waals surface area contributed by atoms with Gasteiger partial charge in [-0.15, -0.1) is 12.4 Å². The van der Waals surface area contributed by atoms with Crippen molar-refractivity contribution in [2.45, 2.75) is 48.5 Å². The van der Waals surface area contributed by atoms with Crippen molar-refractivity contribution in [1.29, 1.82) is 0 Å². The van der Waals surface area contributed by atoms with Gasteiger partial charge in [-0.05, 0) is 43.0 Å². The number of aryl methyl sites for hydroxylation is 1. The molecule has 0 bridgehead atoms. The summed E-state index contributed by atoms with van der Waals surface area (Å²) in [5.41, 5.74) is 9.29. The van der Waals surface area contributed by atoms with Crippen LogP contribution in [0.15, 0.2) is 36.7 Å². The molecule has 0 aliphatic rings. The van der Waals surface area contributed by atoms with Crippen LogP contribution >= 0.6 is 12.4 Å². The van der Waals surface area contributed by atoms with E-state index in [9.17, 15) is 4.39 Å². The molecule has 0 aromatic carbocycles. The van der Waals surface area contributed by atoms with Crippen molar-refractivity contribution in [3.05, 3.63) is 48.2 Å². The lowest BCUT2D eigenvalue weighted by atomic mass is 10.2. The van der Waals surface area contributed by atoms with E-state index < -0.39 is 12.3 Å². The van der Waals surface area contributed by atoms with Crippen LogP contribution in [0.2, 0.25) is 0 Å². The lowest BCUT2D eigenvalue weighted by Gasteiger charge is -2.03. The van der Waals surface area contributed by atoms with Gasteiger partial charge in [0, 0.05) is 18.1 Å². The summed E-state index contributed by atoms with van der Waals surface area (Å²) in [7, 11) is 0. The Bertz CT molecular complexity index is 997. The number of pyridine rings is 2. The first-order valence-corrected chi connectivity index (χ1v) is 10.3. The Kier molecular flexibility index (Phi) is 19.3. The fraction of sp³-hybridized carbons (Fsp3) is 0.391. The van der Waals surface area contributed by atoms with Crippen LogP contribution in [0, 0.1) is 24.6 Å². The SMILES string of the molecule is CC(C)C.CC(C)C.Cc1nc2ccc(F)cn2c1-c1cc(N)ccn1.Cl.O=C(O)O.O=C(O)O. The zero-order valence-electron chi connectivity index (χ0n) is 20.9. The fourth-order valence-electron chi connectivity index (χ4n) is 2.02. The molecule has 0 aliphatic carbocycles. The summed E-state index contributed by atoms with van der Waals surface area (Å²) < 4.78 is 15.0. The average molecular weight is 519 g/mol. The third-order valence-electron chi connectivity index (χ3n) is 2.78. The summed E-state index contributed by atoms with van der Waals surface area (Å²) in [4.78, 5) is 25.7. The van der Waals surface area contributed by atoms with Crippen LogP contribution in [0.3, 0.4) is 0 Å². The highest BCUT2D eigenvalue weighted by Crippen LogP contribution is 2.24. The summed E-state index contributed by atoms with van der Waals surface area (Å²) >= 11 is 0. The monoisotopic (exact) mass is 518 g/mol. The number of anilines is 1. The van der Waals surface area contributed by atoms with E-state index in [4.69, 9.17) is 35.7 Å². The van der Waals surface area contributed by atoms with Crippen LogP contribution in [-0.4, -0.2) is 47.1 Å². The Labute approximate surface area is 210 Å². The maximum atomic E-state index is 13.3. The minimum absolute atomic E-state index is 0. The van der Waals surface area contributed by atoms with Crippen LogP contribution in [0.25, 0.3) is 17.0 Å². The molecular formula is C23H36ClFN4O6. The molecule has 3 aromatic rings. The number of fused-ring (bicyclic) bond motifs is 1. The van der Waals surface area contributed by atoms with Crippen molar-refractivity contribution in [2.24, 2.45) is 11.8 Å². The summed E-state index contributed by atoms with van der Waals surface area (Å²) in [5.74, 6) is 1.35. The fourth-order valence-corrected chi connectivity index (χ4v) is 2.02. The molecule has 0 saturated heterocycles. The van der Waals surface area contributed by atoms with Crippen LogP contribution in [0.1, 0.15) is 47.2 Å². The zero-order valence-corrected chi connectivity index (χ0v) is 21.7. The Morgan fingerprint density at radius 2 is 1.37 bits per heavy atom. The van der Waals surface area contributed by atoms with Crippen molar-refractivity contribution < 1.29 is 34.4 Å². The number of rotatable bonds is 1. The van der Waals surface area contributed by atoms with E-state index >= 15 is 0 Å². The zero-order chi connectivity index (χ0) is 27.0. The molecule has 0 aliphatic heterocycles. The molecule has 0 saturated carbocycles. The van der Waals surface area contributed by atoms with E-state index in [0.717, 1.165) is 23.2 Å². The maximum Gasteiger partial charge on any atom is 0.503 e. The summed E-state index contributed by atoms with van der Waals surface area (Å²) in [6.07, 6.45) is -0.641. The standard InChI is InChI=1S/C13H11FN4.2C4H10.2CH2O3.ClH/c1-8-13(11-6-10(15)4-5-16-11)18-7-9(14)2-3-12(18)17-8;2*1-4(2)3;2*2-1(3)4;/h2-7H,1H3,(H2,15,16);2*4H,1-3H3;2*(H2,2,3,4);1H. The van der Waals surface area contributed by atoms with Crippen molar-refractivity contribution in [2.75, 3.05) is 5.73 Å². The normalized spacial score (nSPS) is 9.09. The topological polar surface area (TPSA) is 171 Å². The third kappa shape index (κ3) is 19.6. The number of aromatic nitrogens is 3. The Balaban J connectivity index is -0.000000500. The first-order chi connectivity index (χ1) is 15.6. The third-order valence-corrected chi connectivity index (χ3v) is 2.78. The predicted octanol–water partition coefficient (Wildman–Crippen LogP) is 6.62. The van der Waals surface area contributed by atoms with Gasteiger partial charge in [0.25, 0.3) is 0 Å². The minimum atomic E-state index is -1.83. The van der Waals surface area contributed by atoms with Gasteiger partial charge in [-0.3, -0.25) is 9.38 Å². The molecule has 0 amide bonds. The van der Waals surface area contributed by atoms with Crippen molar-refractivity contribution in [3.8, 4) is 11.4 Å². The average Bonchev–Trinajstić information content (AvgIpc) is 2.94. The predicted molar refractivity (Wildman–Crippen MR) is 137 cm³/mol. The highest BCUT2D eigenvalue weighted by Gasteiger charge is 2.12. The minimum Gasteiger partial charge on any atom is -0.450 e. The van der Waals surface area contributed by atoms with Crippen LogP contribution < -0.4 is 5.73 Å². The largest absolute Gasteiger partial charge is 0.503 e. The Morgan fingerprint density at radius 3 is 1.77 bits per heavy atom. The Morgan fingerprint density at radius 1 is 0.943 bits per heavy atom. The first-order valence-electron chi connectivity index (χ1n) is 10.3. The van der Waals surface area contributed by atoms with Gasteiger partial charge in [-0.1, -0.05) is 41.5 Å². The van der Waals surface area contributed by atoms with Crippen LogP contribution in [0.5, 0.6) is 0 Å². The maximum absolute atomic E-state index is 13.3. The number of nitrogens with two attached hydrogens (primary N) is 1. The first kappa shape index (κ1) is 36.0. The van der Waals surface area contributed by atoms with Gasteiger partial charge in [-0.2, -0.15) is 0 Å². The molecule has 3 aromatic heterocycles. The van der Waals surface area contributed by atoms with E-state index in [-0.39, 0.29) is 18.2 Å². The van der Waals surface area contributed by atoms with Gasteiger partial charge in [0.05, 0.1) is 17.1 Å². The van der Waals surface area contributed by atoms with Gasteiger partial charge in [0.1, 0.15) is 11.5 Å². The molecule has 0 spiro atoms. The molecule has 6 N–H and O–H groups in total. The number of nitrogens with zero attached hydrogens (tertiary/aromatic N) is 3. The quantitative estimate of drug-likeness (QED) is 0.237. The number of hydrogen-bond donors (Lipinski definition) is 5. The molecule has 35 heavy (non-hydrogen) atoms. The van der Waals surface area contributed by atoms with Crippen LogP contribution in [-0.2, 0) is 0 Å². The number of imidazole rings is 1. The highest BCUT2D eigenvalue weighted by molar-refractivity contribution is 5.85. The van der Waals surface area contributed by atoms with Gasteiger partial charge in [0.15, 0.2) is 0 Å². The van der Waals surface area contributed by atoms with E-state index in [2.05, 4.69) is 51.5 Å². The molecule has 0 fully saturated rings. The van der Waals surface area contributed by atoms with Gasteiger partial charge in [0.2, 0.25) is 0 Å². The van der Waals surface area contributed by atoms with Crippen molar-refractivity contribution >= 4 is 36.1 Å². The number of hydrogen-bond acceptors (Lipinski definition) is 5. The molecule has 198 valence electrons. The lowest BCUT2D eigenvalue weighted by molar-refractivity contribution is 0.135. The smallest absolute Gasteiger partial charge is 0.450 e. The van der Waals surface area contributed by atoms with E-state index in [0.29, 0.717) is 17.0 Å². The van der Waals surface area contributed by atoms with Crippen molar-refractivity contribution in [3.63, 3.8) is 0 Å².